The molecule has 0 saturated carbocycles. The Balaban J connectivity index is 2.95. The Labute approximate surface area is 84.8 Å². The molecule has 0 spiro atoms. The van der Waals surface area contributed by atoms with Crippen molar-refractivity contribution in [2.75, 3.05) is 14.1 Å². The highest BCUT2D eigenvalue weighted by Gasteiger charge is 2.20. The summed E-state index contributed by atoms with van der Waals surface area (Å²) in [5.41, 5.74) is 1.01. The first kappa shape index (κ1) is 10.9. The molecular weight excluding hydrogens is 176 g/mol. The minimum atomic E-state index is -0.136. The van der Waals surface area contributed by atoms with Crippen LogP contribution in [0.5, 0.6) is 0 Å². The number of nitrogens with zero attached hydrogens (tertiary/aromatic N) is 2. The number of Topliss-reactive ketones (excluding diaryl/α,β-unsaturated/α-hetero) is 1. The van der Waals surface area contributed by atoms with Crippen LogP contribution in [0.1, 0.15) is 24.9 Å². The Kier molecular flexibility index (Phi) is 3.77. The van der Waals surface area contributed by atoms with E-state index in [1.54, 1.807) is 12.4 Å². The number of pyridine rings is 1. The summed E-state index contributed by atoms with van der Waals surface area (Å²) in [5.74, 6) is 0.237. The maximum Gasteiger partial charge on any atom is 0.154 e. The van der Waals surface area contributed by atoms with Crippen LogP contribution < -0.4 is 0 Å². The number of likely N-dealkylation sites (N-methyl/N-ethyl adjacent to an activating group) is 1. The Morgan fingerprint density at radius 1 is 1.43 bits per heavy atom. The van der Waals surface area contributed by atoms with Gasteiger partial charge in [-0.05, 0) is 31.8 Å². The molecule has 0 aliphatic heterocycles. The third kappa shape index (κ3) is 2.39. The summed E-state index contributed by atoms with van der Waals surface area (Å²) < 4.78 is 0. The molecule has 3 nitrogen and oxygen atoms in total. The van der Waals surface area contributed by atoms with E-state index in [0.29, 0.717) is 6.42 Å². The largest absolute Gasteiger partial charge is 0.298 e. The molecule has 0 saturated heterocycles. The number of rotatable bonds is 4. The van der Waals surface area contributed by atoms with Crippen molar-refractivity contribution in [2.45, 2.75) is 19.4 Å². The van der Waals surface area contributed by atoms with Crippen LogP contribution in [0.2, 0.25) is 0 Å². The summed E-state index contributed by atoms with van der Waals surface area (Å²) in [6.07, 6.45) is 3.99. The summed E-state index contributed by atoms with van der Waals surface area (Å²) >= 11 is 0. The third-order valence-corrected chi connectivity index (χ3v) is 2.19. The van der Waals surface area contributed by atoms with E-state index < -0.39 is 0 Å². The molecule has 76 valence electrons. The zero-order valence-electron chi connectivity index (χ0n) is 8.90. The van der Waals surface area contributed by atoms with E-state index in [9.17, 15) is 4.79 Å². The van der Waals surface area contributed by atoms with Crippen LogP contribution in [-0.4, -0.2) is 29.8 Å². The molecule has 14 heavy (non-hydrogen) atoms. The Hall–Kier alpha value is -1.22. The number of carbonyl (C=O) groups excluding carboxylic acids is 1. The molecule has 0 amide bonds. The van der Waals surface area contributed by atoms with E-state index in [2.05, 4.69) is 4.98 Å². The summed E-state index contributed by atoms with van der Waals surface area (Å²) in [6, 6.07) is 3.64. The minimum Gasteiger partial charge on any atom is -0.298 e. The molecule has 0 aliphatic rings. The number of hydrogen-bond donors (Lipinski definition) is 0. The number of ketones is 1. The lowest BCUT2D eigenvalue weighted by molar-refractivity contribution is -0.123. The van der Waals surface area contributed by atoms with E-state index in [4.69, 9.17) is 0 Å². The quantitative estimate of drug-likeness (QED) is 0.727. The van der Waals surface area contributed by atoms with Gasteiger partial charge in [0, 0.05) is 18.8 Å². The van der Waals surface area contributed by atoms with E-state index >= 15 is 0 Å². The van der Waals surface area contributed by atoms with Gasteiger partial charge in [0.05, 0.1) is 6.04 Å². The van der Waals surface area contributed by atoms with Gasteiger partial charge in [0.1, 0.15) is 0 Å². The highest BCUT2D eigenvalue weighted by molar-refractivity contribution is 5.84. The molecule has 1 heterocycles. The molecule has 0 bridgehead atoms. The smallest absolute Gasteiger partial charge is 0.154 e. The van der Waals surface area contributed by atoms with E-state index in [1.807, 2.05) is 38.1 Å². The summed E-state index contributed by atoms with van der Waals surface area (Å²) in [6.45, 7) is 1.89. The molecule has 0 aromatic carbocycles. The van der Waals surface area contributed by atoms with Gasteiger partial charge < -0.3 is 0 Å². The Morgan fingerprint density at radius 2 is 2.00 bits per heavy atom. The average Bonchev–Trinajstić information content (AvgIpc) is 2.19. The fourth-order valence-electron chi connectivity index (χ4n) is 1.51. The lowest BCUT2D eigenvalue weighted by atomic mass is 10.0. The third-order valence-electron chi connectivity index (χ3n) is 2.19. The lowest BCUT2D eigenvalue weighted by Gasteiger charge is -2.22. The monoisotopic (exact) mass is 192 g/mol. The van der Waals surface area contributed by atoms with Gasteiger partial charge >= 0.3 is 0 Å². The summed E-state index contributed by atoms with van der Waals surface area (Å²) in [5, 5.41) is 0. The fraction of sp³-hybridized carbons (Fsp3) is 0.455. The van der Waals surface area contributed by atoms with Crippen molar-refractivity contribution in [3.8, 4) is 0 Å². The lowest BCUT2D eigenvalue weighted by Crippen LogP contribution is -2.27. The second kappa shape index (κ2) is 4.86. The molecule has 1 rings (SSSR count). The second-order valence-electron chi connectivity index (χ2n) is 3.47. The zero-order valence-corrected chi connectivity index (χ0v) is 8.90. The van der Waals surface area contributed by atoms with Crippen molar-refractivity contribution < 1.29 is 4.79 Å². The van der Waals surface area contributed by atoms with E-state index in [-0.39, 0.29) is 11.8 Å². The van der Waals surface area contributed by atoms with Crippen LogP contribution in [0.25, 0.3) is 0 Å². The zero-order chi connectivity index (χ0) is 10.6. The molecule has 1 aromatic heterocycles. The molecule has 0 radical (unpaired) electrons. The van der Waals surface area contributed by atoms with Gasteiger partial charge in [0.15, 0.2) is 5.78 Å². The standard InChI is InChI=1S/C11H16N2O/c1-4-10(14)11(13(2)3)9-5-7-12-8-6-9/h5-8,11H,4H2,1-3H3. The number of aromatic nitrogens is 1. The van der Waals surface area contributed by atoms with Gasteiger partial charge in [0.2, 0.25) is 0 Å². The fourth-order valence-corrected chi connectivity index (χ4v) is 1.51. The first-order valence-corrected chi connectivity index (χ1v) is 4.76. The normalized spacial score (nSPS) is 12.9. The molecule has 1 aromatic rings. The molecule has 0 fully saturated rings. The molecule has 0 aliphatic carbocycles. The average molecular weight is 192 g/mol. The first-order chi connectivity index (χ1) is 6.66. The molecule has 1 unspecified atom stereocenters. The molecular formula is C11H16N2O. The summed E-state index contributed by atoms with van der Waals surface area (Å²) in [7, 11) is 3.83. The second-order valence-corrected chi connectivity index (χ2v) is 3.47. The van der Waals surface area contributed by atoms with Gasteiger partial charge in [0.25, 0.3) is 0 Å². The van der Waals surface area contributed by atoms with Gasteiger partial charge in [-0.2, -0.15) is 0 Å². The van der Waals surface area contributed by atoms with Gasteiger partial charge in [-0.15, -0.1) is 0 Å². The highest BCUT2D eigenvalue weighted by Crippen LogP contribution is 2.19. The van der Waals surface area contributed by atoms with Crippen molar-refractivity contribution in [1.29, 1.82) is 0 Å². The van der Waals surface area contributed by atoms with Crippen LogP contribution in [0.3, 0.4) is 0 Å². The maximum absolute atomic E-state index is 11.7. The number of carbonyl (C=O) groups is 1. The van der Waals surface area contributed by atoms with Crippen LogP contribution >= 0.6 is 0 Å². The van der Waals surface area contributed by atoms with Crippen LogP contribution in [0.4, 0.5) is 0 Å². The molecule has 1 atom stereocenters. The van der Waals surface area contributed by atoms with Crippen LogP contribution in [0, 0.1) is 0 Å². The molecule has 0 N–H and O–H groups in total. The molecule has 3 heteroatoms. The van der Waals surface area contributed by atoms with Crippen LogP contribution in [0.15, 0.2) is 24.5 Å². The Morgan fingerprint density at radius 3 is 2.43 bits per heavy atom. The van der Waals surface area contributed by atoms with E-state index in [0.717, 1.165) is 5.56 Å². The maximum atomic E-state index is 11.7. The topological polar surface area (TPSA) is 33.2 Å². The van der Waals surface area contributed by atoms with Crippen molar-refractivity contribution in [1.82, 2.24) is 9.88 Å². The van der Waals surface area contributed by atoms with Crippen molar-refractivity contribution >= 4 is 5.78 Å². The van der Waals surface area contributed by atoms with E-state index in [1.165, 1.54) is 0 Å². The van der Waals surface area contributed by atoms with Crippen molar-refractivity contribution in [3.63, 3.8) is 0 Å². The highest BCUT2D eigenvalue weighted by atomic mass is 16.1. The van der Waals surface area contributed by atoms with Crippen molar-refractivity contribution in [3.05, 3.63) is 30.1 Å². The predicted molar refractivity (Wildman–Crippen MR) is 56.0 cm³/mol. The van der Waals surface area contributed by atoms with Gasteiger partial charge in [-0.25, -0.2) is 0 Å². The van der Waals surface area contributed by atoms with Gasteiger partial charge in [-0.3, -0.25) is 14.7 Å². The predicted octanol–water partition coefficient (Wildman–Crippen LogP) is 1.66. The Bertz CT molecular complexity index is 295. The van der Waals surface area contributed by atoms with Crippen molar-refractivity contribution in [2.24, 2.45) is 0 Å². The summed E-state index contributed by atoms with van der Waals surface area (Å²) in [4.78, 5) is 17.6. The number of hydrogen-bond acceptors (Lipinski definition) is 3. The minimum absolute atomic E-state index is 0.136. The van der Waals surface area contributed by atoms with Crippen LogP contribution in [-0.2, 0) is 4.79 Å². The first-order valence-electron chi connectivity index (χ1n) is 4.76. The van der Waals surface area contributed by atoms with Gasteiger partial charge in [-0.1, -0.05) is 6.92 Å². The SMILES string of the molecule is CCC(=O)C(c1ccncc1)N(C)C.